The minimum absolute atomic E-state index is 0.724. The molecule has 1 aliphatic rings. The zero-order chi connectivity index (χ0) is 17.0. The van der Waals surface area contributed by atoms with E-state index in [4.69, 9.17) is 4.99 Å². The first kappa shape index (κ1) is 19.1. The first-order chi connectivity index (χ1) is 11.8. The van der Waals surface area contributed by atoms with Gasteiger partial charge >= 0.3 is 0 Å². The molecule has 0 saturated carbocycles. The molecule has 0 bridgehead atoms. The van der Waals surface area contributed by atoms with Crippen molar-refractivity contribution in [2.75, 3.05) is 38.2 Å². The number of guanidine groups is 1. The summed E-state index contributed by atoms with van der Waals surface area (Å²) in [6.07, 6.45) is 6.01. The quantitative estimate of drug-likeness (QED) is 0.409. The molecule has 1 aliphatic heterocycles. The van der Waals surface area contributed by atoms with Gasteiger partial charge in [0.2, 0.25) is 0 Å². The summed E-state index contributed by atoms with van der Waals surface area (Å²) in [7, 11) is 0. The van der Waals surface area contributed by atoms with Crippen LogP contribution in [-0.4, -0.2) is 49.0 Å². The highest BCUT2D eigenvalue weighted by Gasteiger charge is 2.11. The van der Waals surface area contributed by atoms with E-state index in [1.165, 1.54) is 42.8 Å². The maximum absolute atomic E-state index is 4.69. The van der Waals surface area contributed by atoms with Gasteiger partial charge in [-0.1, -0.05) is 24.3 Å². The highest BCUT2D eigenvalue weighted by atomic mass is 32.2. The second-order valence-corrected chi connectivity index (χ2v) is 7.25. The largest absolute Gasteiger partial charge is 0.357 e. The molecule has 1 aromatic carbocycles. The summed E-state index contributed by atoms with van der Waals surface area (Å²) in [5.74, 6) is 2.10. The number of thioether (sulfide) groups is 1. The molecule has 5 heteroatoms. The molecule has 2 N–H and O–H groups in total. The standard InChI is InChI=1S/C19H32N4S/c1-3-20-19(21-11-6-14-24-2)22-15-17-7-9-18(10-8-17)16-23-12-4-5-13-23/h7-10H,3-6,11-16H2,1-2H3,(H2,20,21,22). The van der Waals surface area contributed by atoms with Crippen LogP contribution in [0.25, 0.3) is 0 Å². The van der Waals surface area contributed by atoms with Crippen LogP contribution in [0.5, 0.6) is 0 Å². The van der Waals surface area contributed by atoms with Gasteiger partial charge < -0.3 is 10.6 Å². The first-order valence-corrected chi connectivity index (χ1v) is 10.5. The number of nitrogens with one attached hydrogen (secondary N) is 2. The zero-order valence-corrected chi connectivity index (χ0v) is 16.0. The van der Waals surface area contributed by atoms with E-state index in [0.29, 0.717) is 0 Å². The number of hydrogen-bond acceptors (Lipinski definition) is 3. The Morgan fingerprint density at radius 1 is 1.12 bits per heavy atom. The number of likely N-dealkylation sites (tertiary alicyclic amines) is 1. The molecule has 0 radical (unpaired) electrons. The molecule has 0 atom stereocenters. The topological polar surface area (TPSA) is 39.7 Å². The van der Waals surface area contributed by atoms with Crippen molar-refractivity contribution in [2.24, 2.45) is 4.99 Å². The lowest BCUT2D eigenvalue weighted by molar-refractivity contribution is 0.331. The number of rotatable bonds is 9. The summed E-state index contributed by atoms with van der Waals surface area (Å²) < 4.78 is 0. The Morgan fingerprint density at radius 3 is 2.50 bits per heavy atom. The normalized spacial score (nSPS) is 15.7. The van der Waals surface area contributed by atoms with Gasteiger partial charge in [0.05, 0.1) is 6.54 Å². The Hall–Kier alpha value is -1.20. The van der Waals surface area contributed by atoms with Gasteiger partial charge in [-0.25, -0.2) is 4.99 Å². The molecule has 1 fully saturated rings. The Balaban J connectivity index is 1.80. The number of hydrogen-bond donors (Lipinski definition) is 2. The molecule has 0 aromatic heterocycles. The van der Waals surface area contributed by atoms with Crippen molar-refractivity contribution in [3.8, 4) is 0 Å². The molecule has 134 valence electrons. The molecule has 0 aliphatic carbocycles. The number of benzene rings is 1. The van der Waals surface area contributed by atoms with Crippen molar-refractivity contribution in [3.63, 3.8) is 0 Å². The van der Waals surface area contributed by atoms with E-state index < -0.39 is 0 Å². The van der Waals surface area contributed by atoms with Crippen molar-refractivity contribution in [2.45, 2.75) is 39.3 Å². The van der Waals surface area contributed by atoms with Crippen LogP contribution in [0.4, 0.5) is 0 Å². The average molecular weight is 349 g/mol. The molecule has 0 spiro atoms. The summed E-state index contributed by atoms with van der Waals surface area (Å²) in [6.45, 7) is 8.28. The fourth-order valence-electron chi connectivity index (χ4n) is 2.88. The average Bonchev–Trinajstić information content (AvgIpc) is 3.11. The van der Waals surface area contributed by atoms with Gasteiger partial charge in [0.25, 0.3) is 0 Å². The summed E-state index contributed by atoms with van der Waals surface area (Å²) in [4.78, 5) is 7.23. The van der Waals surface area contributed by atoms with Crippen LogP contribution in [0.3, 0.4) is 0 Å². The molecule has 24 heavy (non-hydrogen) atoms. The maximum Gasteiger partial charge on any atom is 0.191 e. The predicted molar refractivity (Wildman–Crippen MR) is 107 cm³/mol. The molecule has 1 aromatic rings. The second-order valence-electron chi connectivity index (χ2n) is 6.27. The molecule has 2 rings (SSSR count). The van der Waals surface area contributed by atoms with Crippen molar-refractivity contribution in [1.29, 1.82) is 0 Å². The number of nitrogens with zero attached hydrogens (tertiary/aromatic N) is 2. The predicted octanol–water partition coefficient (Wildman–Crippen LogP) is 3.09. The summed E-state index contributed by atoms with van der Waals surface area (Å²) in [6, 6.07) is 8.93. The SMILES string of the molecule is CCNC(=NCc1ccc(CN2CCCC2)cc1)NCCCSC. The third kappa shape index (κ3) is 7.14. The van der Waals surface area contributed by atoms with Crippen LogP contribution in [0, 0.1) is 0 Å². The zero-order valence-electron chi connectivity index (χ0n) is 15.2. The molecule has 4 nitrogen and oxygen atoms in total. The maximum atomic E-state index is 4.69. The van der Waals surface area contributed by atoms with E-state index in [2.05, 4.69) is 53.0 Å². The van der Waals surface area contributed by atoms with Gasteiger partial charge in [-0.3, -0.25) is 4.90 Å². The van der Waals surface area contributed by atoms with E-state index in [9.17, 15) is 0 Å². The third-order valence-corrected chi connectivity index (χ3v) is 4.91. The molecule has 0 amide bonds. The van der Waals surface area contributed by atoms with Crippen LogP contribution >= 0.6 is 11.8 Å². The Bertz CT molecular complexity index is 481. The van der Waals surface area contributed by atoms with Crippen LogP contribution in [0.1, 0.15) is 37.3 Å². The number of aliphatic imine (C=N–C) groups is 1. The van der Waals surface area contributed by atoms with E-state index in [0.717, 1.165) is 38.6 Å². The fraction of sp³-hybridized carbons (Fsp3) is 0.632. The smallest absolute Gasteiger partial charge is 0.191 e. The van der Waals surface area contributed by atoms with E-state index >= 15 is 0 Å². The van der Waals surface area contributed by atoms with Crippen LogP contribution in [-0.2, 0) is 13.1 Å². The Labute approximate surface area is 151 Å². The molecule has 0 unspecified atom stereocenters. The Morgan fingerprint density at radius 2 is 1.83 bits per heavy atom. The van der Waals surface area contributed by atoms with Gasteiger partial charge in [0, 0.05) is 19.6 Å². The molecular weight excluding hydrogens is 316 g/mol. The highest BCUT2D eigenvalue weighted by molar-refractivity contribution is 7.98. The van der Waals surface area contributed by atoms with Crippen molar-refractivity contribution >= 4 is 17.7 Å². The summed E-state index contributed by atoms with van der Waals surface area (Å²) >= 11 is 1.89. The minimum atomic E-state index is 0.724. The Kier molecular flexibility index (Phi) is 9.06. The van der Waals surface area contributed by atoms with Gasteiger partial charge in [-0.2, -0.15) is 11.8 Å². The summed E-state index contributed by atoms with van der Waals surface area (Å²) in [5.41, 5.74) is 2.67. The van der Waals surface area contributed by atoms with E-state index in [-0.39, 0.29) is 0 Å². The first-order valence-electron chi connectivity index (χ1n) is 9.13. The lowest BCUT2D eigenvalue weighted by atomic mass is 10.1. The third-order valence-electron chi connectivity index (χ3n) is 4.21. The molecule has 1 heterocycles. The van der Waals surface area contributed by atoms with Crippen LogP contribution < -0.4 is 10.6 Å². The lowest BCUT2D eigenvalue weighted by Crippen LogP contribution is -2.37. The van der Waals surface area contributed by atoms with Crippen molar-refractivity contribution < 1.29 is 0 Å². The molecule has 1 saturated heterocycles. The highest BCUT2D eigenvalue weighted by Crippen LogP contribution is 2.13. The van der Waals surface area contributed by atoms with E-state index in [1.54, 1.807) is 0 Å². The minimum Gasteiger partial charge on any atom is -0.357 e. The van der Waals surface area contributed by atoms with E-state index in [1.807, 2.05) is 11.8 Å². The van der Waals surface area contributed by atoms with Crippen LogP contribution in [0.2, 0.25) is 0 Å². The van der Waals surface area contributed by atoms with Crippen molar-refractivity contribution in [1.82, 2.24) is 15.5 Å². The van der Waals surface area contributed by atoms with Gasteiger partial charge in [-0.05, 0) is 62.4 Å². The monoisotopic (exact) mass is 348 g/mol. The van der Waals surface area contributed by atoms with Crippen molar-refractivity contribution in [3.05, 3.63) is 35.4 Å². The molecular formula is C19H32N4S. The lowest BCUT2D eigenvalue weighted by Gasteiger charge is -2.14. The van der Waals surface area contributed by atoms with Gasteiger partial charge in [0.15, 0.2) is 5.96 Å². The fourth-order valence-corrected chi connectivity index (χ4v) is 3.32. The van der Waals surface area contributed by atoms with Gasteiger partial charge in [-0.15, -0.1) is 0 Å². The summed E-state index contributed by atoms with van der Waals surface area (Å²) in [5, 5.41) is 6.72. The van der Waals surface area contributed by atoms with Crippen LogP contribution in [0.15, 0.2) is 29.3 Å². The second kappa shape index (κ2) is 11.4. The van der Waals surface area contributed by atoms with Gasteiger partial charge in [0.1, 0.15) is 0 Å².